The van der Waals surface area contributed by atoms with Crippen molar-refractivity contribution in [1.82, 2.24) is 0 Å². The zero-order chi connectivity index (χ0) is 28.8. The Bertz CT molecular complexity index is 754. The number of ether oxygens (including phenoxy) is 1. The minimum Gasteiger partial charge on any atom is -0.466 e. The summed E-state index contributed by atoms with van der Waals surface area (Å²) in [5.74, 6) is 0.128. The molecule has 214 valence electrons. The van der Waals surface area contributed by atoms with Crippen LogP contribution in [0.4, 0.5) is 0 Å². The zero-order valence-corrected chi connectivity index (χ0v) is 27.0. The molecule has 4 nitrogen and oxygen atoms in total. The van der Waals surface area contributed by atoms with Crippen LogP contribution < -0.4 is 0 Å². The molecule has 0 saturated heterocycles. The van der Waals surface area contributed by atoms with Gasteiger partial charge in [0.25, 0.3) is 0 Å². The molecule has 0 aliphatic rings. The summed E-state index contributed by atoms with van der Waals surface area (Å²) < 4.78 is 11.7. The number of aliphatic hydroxyl groups is 1. The van der Waals surface area contributed by atoms with E-state index in [1.807, 2.05) is 19.9 Å². The van der Waals surface area contributed by atoms with Crippen LogP contribution >= 0.6 is 0 Å². The van der Waals surface area contributed by atoms with Crippen molar-refractivity contribution in [2.45, 2.75) is 131 Å². The van der Waals surface area contributed by atoms with Gasteiger partial charge in [0.05, 0.1) is 13.2 Å². The molecule has 0 aliphatic carbocycles. The number of hydrogen-bond donors (Lipinski definition) is 1. The number of esters is 1. The monoisotopic (exact) mass is 534 g/mol. The van der Waals surface area contributed by atoms with Crippen molar-refractivity contribution >= 4 is 14.3 Å². The van der Waals surface area contributed by atoms with Gasteiger partial charge in [-0.3, -0.25) is 0 Å². The van der Waals surface area contributed by atoms with E-state index >= 15 is 0 Å². The van der Waals surface area contributed by atoms with Crippen molar-refractivity contribution in [3.63, 3.8) is 0 Å². The quantitative estimate of drug-likeness (QED) is 0.0875. The first-order valence-electron chi connectivity index (χ1n) is 14.3. The Morgan fingerprint density at radius 3 is 2.00 bits per heavy atom. The Labute approximate surface area is 230 Å². The second-order valence-electron chi connectivity index (χ2n) is 11.8. The molecule has 0 amide bonds. The van der Waals surface area contributed by atoms with Crippen LogP contribution in [-0.4, -0.2) is 38.7 Å². The molecule has 0 bridgehead atoms. The zero-order valence-electron chi connectivity index (χ0n) is 26.0. The van der Waals surface area contributed by atoms with Gasteiger partial charge >= 0.3 is 5.97 Å². The molecule has 0 aromatic rings. The lowest BCUT2D eigenvalue weighted by molar-refractivity contribution is -0.134. The van der Waals surface area contributed by atoms with E-state index in [0.29, 0.717) is 35.1 Å². The molecule has 0 saturated carbocycles. The van der Waals surface area contributed by atoms with Gasteiger partial charge in [-0.05, 0) is 62.1 Å². The topological polar surface area (TPSA) is 55.8 Å². The largest absolute Gasteiger partial charge is 0.466 e. The number of methoxy groups -OCH3 is 1. The van der Waals surface area contributed by atoms with Crippen LogP contribution in [0.15, 0.2) is 47.6 Å². The molecular weight excluding hydrogens is 476 g/mol. The van der Waals surface area contributed by atoms with Crippen LogP contribution in [0.5, 0.6) is 0 Å². The van der Waals surface area contributed by atoms with E-state index in [1.165, 1.54) is 13.2 Å². The van der Waals surface area contributed by atoms with E-state index in [2.05, 4.69) is 85.3 Å². The van der Waals surface area contributed by atoms with Crippen LogP contribution in [0.25, 0.3) is 0 Å². The summed E-state index contributed by atoms with van der Waals surface area (Å²) >= 11 is 0. The summed E-state index contributed by atoms with van der Waals surface area (Å²) in [7, 11) is -0.512. The molecule has 37 heavy (non-hydrogen) atoms. The highest BCUT2D eigenvalue weighted by molar-refractivity contribution is 6.77. The molecule has 0 radical (unpaired) electrons. The second-order valence-corrected chi connectivity index (χ2v) is 17.2. The Kier molecular flexibility index (Phi) is 17.3. The molecular formula is C32H58O4Si. The Morgan fingerprint density at radius 1 is 0.946 bits per heavy atom. The minimum atomic E-state index is -1.87. The van der Waals surface area contributed by atoms with Gasteiger partial charge in [-0.1, -0.05) is 104 Å². The first kappa shape index (κ1) is 35.6. The van der Waals surface area contributed by atoms with E-state index in [4.69, 9.17) is 4.43 Å². The molecule has 1 N–H and O–H groups in total. The predicted octanol–water partition coefficient (Wildman–Crippen LogP) is 8.94. The van der Waals surface area contributed by atoms with Crippen LogP contribution in [-0.2, 0) is 14.0 Å². The van der Waals surface area contributed by atoms with Crippen LogP contribution in [0.2, 0.25) is 16.6 Å². The van der Waals surface area contributed by atoms with Gasteiger partial charge in [0.2, 0.25) is 8.32 Å². The fourth-order valence-electron chi connectivity index (χ4n) is 5.58. The number of carbonyl (C=O) groups is 1. The number of aliphatic hydroxyl groups excluding tert-OH is 1. The van der Waals surface area contributed by atoms with E-state index in [1.54, 1.807) is 6.08 Å². The lowest BCUT2D eigenvalue weighted by atomic mass is 9.95. The van der Waals surface area contributed by atoms with Crippen molar-refractivity contribution in [2.24, 2.45) is 11.8 Å². The van der Waals surface area contributed by atoms with Gasteiger partial charge in [0, 0.05) is 18.1 Å². The third kappa shape index (κ3) is 12.3. The summed E-state index contributed by atoms with van der Waals surface area (Å²) in [6.07, 6.45) is 15.2. The van der Waals surface area contributed by atoms with Crippen LogP contribution in [0.3, 0.4) is 0 Å². The van der Waals surface area contributed by atoms with E-state index in [-0.39, 0.29) is 11.9 Å². The third-order valence-electron chi connectivity index (χ3n) is 7.75. The molecule has 4 atom stereocenters. The minimum absolute atomic E-state index is 0.0142. The van der Waals surface area contributed by atoms with E-state index in [9.17, 15) is 9.90 Å². The van der Waals surface area contributed by atoms with Gasteiger partial charge in [0.1, 0.15) is 0 Å². The Morgan fingerprint density at radius 2 is 1.51 bits per heavy atom. The van der Waals surface area contributed by atoms with Crippen molar-refractivity contribution in [3.8, 4) is 0 Å². The SMILES string of the molecule is CC[C@@H](O[Si](C(C)C)(C(C)C)C(C)C)[C@H](C)CC/C=C/C=C(\C)C[C@H](O)[C@@H](C)/C=C(C)/C=C/C(=O)OC. The van der Waals surface area contributed by atoms with Crippen molar-refractivity contribution < 1.29 is 19.1 Å². The highest BCUT2D eigenvalue weighted by atomic mass is 28.4. The number of rotatable bonds is 17. The highest BCUT2D eigenvalue weighted by Crippen LogP contribution is 2.44. The second kappa shape index (κ2) is 18.0. The first-order chi connectivity index (χ1) is 17.2. The smallest absolute Gasteiger partial charge is 0.330 e. The highest BCUT2D eigenvalue weighted by Gasteiger charge is 2.46. The molecule has 0 rings (SSSR count). The lowest BCUT2D eigenvalue weighted by Crippen LogP contribution is -2.51. The molecule has 0 aliphatic heterocycles. The maximum atomic E-state index is 11.2. The fourth-order valence-corrected chi connectivity index (χ4v) is 11.3. The number of carbonyl (C=O) groups excluding carboxylic acids is 1. The van der Waals surface area contributed by atoms with Gasteiger partial charge in [-0.15, -0.1) is 0 Å². The fraction of sp³-hybridized carbons (Fsp3) is 0.719. The Hall–Kier alpha value is -1.43. The summed E-state index contributed by atoms with van der Waals surface area (Å²) in [6.45, 7) is 24.7. The third-order valence-corrected chi connectivity index (χ3v) is 13.9. The first-order valence-corrected chi connectivity index (χ1v) is 16.5. The van der Waals surface area contributed by atoms with Crippen molar-refractivity contribution in [1.29, 1.82) is 0 Å². The van der Waals surface area contributed by atoms with Crippen molar-refractivity contribution in [2.75, 3.05) is 7.11 Å². The number of hydrogen-bond acceptors (Lipinski definition) is 4. The lowest BCUT2D eigenvalue weighted by Gasteiger charge is -2.45. The van der Waals surface area contributed by atoms with Crippen LogP contribution in [0.1, 0.15) is 102 Å². The van der Waals surface area contributed by atoms with Crippen molar-refractivity contribution in [3.05, 3.63) is 47.6 Å². The van der Waals surface area contributed by atoms with Gasteiger partial charge in [-0.2, -0.15) is 0 Å². The van der Waals surface area contributed by atoms with Gasteiger partial charge in [0.15, 0.2) is 0 Å². The number of allylic oxidation sites excluding steroid dienone is 5. The van der Waals surface area contributed by atoms with Gasteiger partial charge in [-0.25, -0.2) is 4.79 Å². The van der Waals surface area contributed by atoms with E-state index in [0.717, 1.165) is 30.4 Å². The summed E-state index contributed by atoms with van der Waals surface area (Å²) in [4.78, 5) is 11.2. The molecule has 0 unspecified atom stereocenters. The normalized spacial score (nSPS) is 17.3. The maximum Gasteiger partial charge on any atom is 0.330 e. The molecule has 0 spiro atoms. The Balaban J connectivity index is 4.92. The average molecular weight is 535 g/mol. The summed E-state index contributed by atoms with van der Waals surface area (Å²) in [6, 6.07) is 0. The van der Waals surface area contributed by atoms with Crippen LogP contribution in [0, 0.1) is 11.8 Å². The van der Waals surface area contributed by atoms with Gasteiger partial charge < -0.3 is 14.3 Å². The maximum absolute atomic E-state index is 11.2. The molecule has 0 aromatic carbocycles. The molecule has 0 heterocycles. The molecule has 0 aromatic heterocycles. The van der Waals surface area contributed by atoms with E-state index < -0.39 is 14.4 Å². The predicted molar refractivity (Wildman–Crippen MR) is 162 cm³/mol. The molecule has 5 heteroatoms. The average Bonchev–Trinajstić information content (AvgIpc) is 2.81. The summed E-state index contributed by atoms with van der Waals surface area (Å²) in [5, 5.41) is 10.6. The standard InChI is InChI=1S/C32H58O4Si/c1-13-31(36-37(23(2)3,24(4)5)25(6)7)28(10)18-16-14-15-17-26(8)22-30(33)29(11)21-27(9)19-20-32(34)35-12/h14-15,17,19-21,23-25,28-31,33H,13,16,18,22H2,1-12H3/b15-14+,20-19+,26-17+,27-21+/t28-,29+,30+,31-/m1/s1. The molecule has 0 fully saturated rings. The summed E-state index contributed by atoms with van der Waals surface area (Å²) in [5.41, 5.74) is 3.90.